The number of nitrogens with zero attached hydrogens (tertiary/aromatic N) is 2. The topological polar surface area (TPSA) is 25.4 Å². The Hall–Kier alpha value is -2.82. The van der Waals surface area contributed by atoms with Crippen LogP contribution in [0.4, 0.5) is 5.13 Å². The van der Waals surface area contributed by atoms with E-state index in [1.165, 1.54) is 11.1 Å². The van der Waals surface area contributed by atoms with Crippen LogP contribution in [0.25, 0.3) is 27.4 Å². The molecule has 31 heavy (non-hydrogen) atoms. The fourth-order valence-electron chi connectivity index (χ4n) is 4.44. The van der Waals surface area contributed by atoms with Crippen molar-refractivity contribution in [2.24, 2.45) is 0 Å². The van der Waals surface area contributed by atoms with Gasteiger partial charge in [0.15, 0.2) is 5.13 Å². The van der Waals surface area contributed by atoms with E-state index in [-0.39, 0.29) is 5.60 Å². The summed E-state index contributed by atoms with van der Waals surface area (Å²) in [6.45, 7) is 1.85. The van der Waals surface area contributed by atoms with Gasteiger partial charge in [0.25, 0.3) is 0 Å². The fourth-order valence-corrected chi connectivity index (χ4v) is 5.74. The maximum Gasteiger partial charge on any atom is 0.186 e. The monoisotopic (exact) mass is 444 g/mol. The van der Waals surface area contributed by atoms with Gasteiger partial charge in [0, 0.05) is 36.5 Å². The van der Waals surface area contributed by atoms with Gasteiger partial charge in [-0.05, 0) is 47.5 Å². The van der Waals surface area contributed by atoms with E-state index in [9.17, 15) is 0 Å². The zero-order valence-corrected chi connectivity index (χ0v) is 18.5. The first kappa shape index (κ1) is 18.9. The van der Waals surface area contributed by atoms with Gasteiger partial charge in [-0.25, -0.2) is 4.98 Å². The van der Waals surface area contributed by atoms with Crippen LogP contribution >= 0.6 is 22.9 Å². The van der Waals surface area contributed by atoms with E-state index in [0.29, 0.717) is 0 Å². The van der Waals surface area contributed by atoms with Crippen LogP contribution in [0.2, 0.25) is 5.02 Å². The van der Waals surface area contributed by atoms with Crippen molar-refractivity contribution in [1.82, 2.24) is 4.98 Å². The number of ether oxygens (including phenoxy) is 1. The highest BCUT2D eigenvalue weighted by molar-refractivity contribution is 7.22. The van der Waals surface area contributed by atoms with Gasteiger partial charge in [-0.2, -0.15) is 0 Å². The summed E-state index contributed by atoms with van der Waals surface area (Å²) in [5.74, 6) is 0.977. The lowest BCUT2D eigenvalue weighted by Crippen LogP contribution is -2.47. The zero-order chi connectivity index (χ0) is 20.8. The standard InChI is InChI=1S/C26H21ClN2OS/c27-21-7-8-22-24(17-21)31-25(28-22)29-14-12-26(13-15-29)11-10-20-16-19(6-9-23(20)30-26)18-4-2-1-3-5-18/h1-11,16-17H,12-15H2. The highest BCUT2D eigenvalue weighted by Crippen LogP contribution is 2.40. The van der Waals surface area contributed by atoms with Gasteiger partial charge in [0.05, 0.1) is 10.2 Å². The molecule has 3 aromatic carbocycles. The first-order chi connectivity index (χ1) is 15.2. The van der Waals surface area contributed by atoms with Crippen molar-refractivity contribution >= 4 is 44.4 Å². The van der Waals surface area contributed by atoms with E-state index < -0.39 is 0 Å². The molecule has 2 aliphatic heterocycles. The molecule has 5 heteroatoms. The molecule has 154 valence electrons. The van der Waals surface area contributed by atoms with Gasteiger partial charge in [0.2, 0.25) is 0 Å². The molecule has 0 bridgehead atoms. The Balaban J connectivity index is 1.20. The molecule has 1 aromatic heterocycles. The molecular weight excluding hydrogens is 424 g/mol. The summed E-state index contributed by atoms with van der Waals surface area (Å²) in [4.78, 5) is 7.18. The van der Waals surface area contributed by atoms with Crippen molar-refractivity contribution in [1.29, 1.82) is 0 Å². The van der Waals surface area contributed by atoms with Gasteiger partial charge >= 0.3 is 0 Å². The number of fused-ring (bicyclic) bond motifs is 2. The van der Waals surface area contributed by atoms with Gasteiger partial charge in [-0.1, -0.05) is 65.4 Å². The summed E-state index contributed by atoms with van der Waals surface area (Å²) in [7, 11) is 0. The molecule has 0 atom stereocenters. The van der Waals surface area contributed by atoms with Gasteiger partial charge < -0.3 is 9.64 Å². The normalized spacial score (nSPS) is 17.0. The maximum absolute atomic E-state index is 6.56. The summed E-state index contributed by atoms with van der Waals surface area (Å²) >= 11 is 7.85. The molecule has 0 aliphatic carbocycles. The van der Waals surface area contributed by atoms with Crippen LogP contribution in [0.1, 0.15) is 18.4 Å². The Morgan fingerprint density at radius 2 is 1.77 bits per heavy atom. The quantitative estimate of drug-likeness (QED) is 0.331. The Morgan fingerprint density at radius 1 is 0.935 bits per heavy atom. The van der Waals surface area contributed by atoms with E-state index in [4.69, 9.17) is 21.3 Å². The molecule has 1 fully saturated rings. The van der Waals surface area contributed by atoms with E-state index >= 15 is 0 Å². The maximum atomic E-state index is 6.56. The van der Waals surface area contributed by atoms with Crippen LogP contribution < -0.4 is 9.64 Å². The summed E-state index contributed by atoms with van der Waals surface area (Å²) in [5, 5.41) is 1.83. The van der Waals surface area contributed by atoms with Crippen molar-refractivity contribution in [3.8, 4) is 16.9 Å². The number of hydrogen-bond acceptors (Lipinski definition) is 4. The Labute approximate surface area is 190 Å². The van der Waals surface area contributed by atoms with Crippen LogP contribution in [0.5, 0.6) is 5.75 Å². The second-order valence-corrected chi connectivity index (χ2v) is 9.66. The Kier molecular flexibility index (Phi) is 4.51. The number of piperidine rings is 1. The molecule has 0 amide bonds. The zero-order valence-electron chi connectivity index (χ0n) is 16.9. The number of benzene rings is 3. The second-order valence-electron chi connectivity index (χ2n) is 8.21. The number of thiazole rings is 1. The van der Waals surface area contributed by atoms with Crippen LogP contribution in [-0.2, 0) is 0 Å². The van der Waals surface area contributed by atoms with Crippen LogP contribution in [0.15, 0.2) is 72.8 Å². The van der Waals surface area contributed by atoms with Crippen molar-refractivity contribution < 1.29 is 4.74 Å². The molecule has 1 saturated heterocycles. The molecule has 4 aromatic rings. The van der Waals surface area contributed by atoms with E-state index in [1.807, 2.05) is 24.3 Å². The molecule has 3 heterocycles. The minimum Gasteiger partial charge on any atom is -0.482 e. The van der Waals surface area contributed by atoms with E-state index in [2.05, 4.69) is 59.5 Å². The number of anilines is 1. The number of hydrogen-bond donors (Lipinski definition) is 0. The third-order valence-electron chi connectivity index (χ3n) is 6.22. The van der Waals surface area contributed by atoms with Crippen molar-refractivity contribution in [2.75, 3.05) is 18.0 Å². The lowest BCUT2D eigenvalue weighted by atomic mass is 9.88. The van der Waals surface area contributed by atoms with Crippen molar-refractivity contribution in [3.05, 3.63) is 83.4 Å². The third-order valence-corrected chi connectivity index (χ3v) is 7.53. The van der Waals surface area contributed by atoms with E-state index in [1.54, 1.807) is 11.3 Å². The van der Waals surface area contributed by atoms with E-state index in [0.717, 1.165) is 57.6 Å². The number of rotatable bonds is 2. The first-order valence-corrected chi connectivity index (χ1v) is 11.8. The van der Waals surface area contributed by atoms with Crippen molar-refractivity contribution in [2.45, 2.75) is 18.4 Å². The van der Waals surface area contributed by atoms with Gasteiger partial charge in [-0.15, -0.1) is 0 Å². The third kappa shape index (κ3) is 3.50. The molecule has 6 rings (SSSR count). The summed E-state index contributed by atoms with van der Waals surface area (Å²) in [6.07, 6.45) is 6.39. The van der Waals surface area contributed by atoms with Crippen LogP contribution in [-0.4, -0.2) is 23.7 Å². The van der Waals surface area contributed by atoms with Gasteiger partial charge in [-0.3, -0.25) is 0 Å². The molecule has 2 aliphatic rings. The molecular formula is C26H21ClN2OS. The highest BCUT2D eigenvalue weighted by atomic mass is 35.5. The molecule has 0 radical (unpaired) electrons. The predicted molar refractivity (Wildman–Crippen MR) is 130 cm³/mol. The lowest BCUT2D eigenvalue weighted by molar-refractivity contribution is 0.0893. The Morgan fingerprint density at radius 3 is 2.61 bits per heavy atom. The highest BCUT2D eigenvalue weighted by Gasteiger charge is 2.37. The summed E-state index contributed by atoms with van der Waals surface area (Å²) < 4.78 is 7.70. The number of halogens is 1. The lowest BCUT2D eigenvalue weighted by Gasteiger charge is -2.42. The van der Waals surface area contributed by atoms with Crippen LogP contribution in [0.3, 0.4) is 0 Å². The van der Waals surface area contributed by atoms with Gasteiger partial charge in [0.1, 0.15) is 11.4 Å². The smallest absolute Gasteiger partial charge is 0.186 e. The Bertz CT molecular complexity index is 1290. The molecule has 0 N–H and O–H groups in total. The predicted octanol–water partition coefficient (Wildman–Crippen LogP) is 7.06. The summed E-state index contributed by atoms with van der Waals surface area (Å²) in [5.41, 5.74) is 4.38. The fraction of sp³-hybridized carbons (Fsp3) is 0.192. The average molecular weight is 445 g/mol. The SMILES string of the molecule is Clc1ccc2nc(N3CCC4(C=Cc5cc(-c6ccccc6)ccc5O4)CC3)sc2c1. The minimum absolute atomic E-state index is 0.224. The first-order valence-electron chi connectivity index (χ1n) is 10.6. The molecule has 0 unspecified atom stereocenters. The van der Waals surface area contributed by atoms with Crippen LogP contribution in [0, 0.1) is 0 Å². The minimum atomic E-state index is -0.224. The largest absolute Gasteiger partial charge is 0.482 e. The average Bonchev–Trinajstić information content (AvgIpc) is 3.23. The summed E-state index contributed by atoms with van der Waals surface area (Å²) in [6, 6.07) is 22.9. The number of aromatic nitrogens is 1. The molecule has 0 saturated carbocycles. The van der Waals surface area contributed by atoms with Crippen molar-refractivity contribution in [3.63, 3.8) is 0 Å². The molecule has 1 spiro atoms. The molecule has 3 nitrogen and oxygen atoms in total. The second kappa shape index (κ2) is 7.40.